The Bertz CT molecular complexity index is 1220. The number of nitrogens with one attached hydrogen (secondary N) is 2. The van der Waals surface area contributed by atoms with Crippen molar-refractivity contribution in [1.29, 1.82) is 5.26 Å². The first-order valence-corrected chi connectivity index (χ1v) is 10.2. The van der Waals surface area contributed by atoms with Gasteiger partial charge in [0.25, 0.3) is 5.95 Å². The van der Waals surface area contributed by atoms with Crippen molar-refractivity contribution in [2.24, 2.45) is 0 Å². The fraction of sp³-hybridized carbons (Fsp3) is 0.182. The molecule has 0 unspecified atom stereocenters. The lowest BCUT2D eigenvalue weighted by Crippen LogP contribution is -2.51. The van der Waals surface area contributed by atoms with Crippen molar-refractivity contribution in [2.75, 3.05) is 10.3 Å². The van der Waals surface area contributed by atoms with Crippen molar-refractivity contribution in [3.05, 3.63) is 70.0 Å². The van der Waals surface area contributed by atoms with E-state index in [0.29, 0.717) is 28.5 Å². The van der Waals surface area contributed by atoms with E-state index in [1.807, 2.05) is 19.1 Å². The number of anilines is 3. The molecule has 1 aromatic heterocycles. The number of carbonyl (C=O) groups is 2. The van der Waals surface area contributed by atoms with Gasteiger partial charge in [0.1, 0.15) is 5.82 Å². The van der Waals surface area contributed by atoms with E-state index in [1.165, 1.54) is 0 Å². The molecule has 1 aliphatic heterocycles. The molecule has 4 rings (SSSR count). The molecule has 0 spiro atoms. The van der Waals surface area contributed by atoms with Crippen LogP contribution in [0, 0.1) is 18.3 Å². The van der Waals surface area contributed by atoms with Gasteiger partial charge in [-0.3, -0.25) is 15.0 Å². The summed E-state index contributed by atoms with van der Waals surface area (Å²) in [7, 11) is 0. The van der Waals surface area contributed by atoms with E-state index in [4.69, 9.17) is 16.9 Å². The van der Waals surface area contributed by atoms with Gasteiger partial charge in [0.2, 0.25) is 17.8 Å². The maximum absolute atomic E-state index is 12.4. The zero-order valence-corrected chi connectivity index (χ0v) is 17.8. The van der Waals surface area contributed by atoms with Crippen LogP contribution in [-0.4, -0.2) is 26.8 Å². The van der Waals surface area contributed by atoms with Crippen LogP contribution in [0.5, 0.6) is 0 Å². The molecule has 0 radical (unpaired) electrons. The number of carbonyl (C=O) groups excluding carboxylic acids is 2. The molecule has 0 bridgehead atoms. The number of amides is 2. The molecule has 0 saturated carbocycles. The first-order chi connectivity index (χ1) is 15.4. The Labute approximate surface area is 189 Å². The summed E-state index contributed by atoms with van der Waals surface area (Å²) in [5.41, 5.74) is 5.50. The van der Waals surface area contributed by atoms with E-state index in [1.54, 1.807) is 30.3 Å². The van der Waals surface area contributed by atoms with Crippen LogP contribution in [0.15, 0.2) is 42.5 Å². The van der Waals surface area contributed by atoms with Crippen LogP contribution in [0.2, 0.25) is 5.02 Å². The molecule has 0 aliphatic carbocycles. The third-order valence-electron chi connectivity index (χ3n) is 4.88. The van der Waals surface area contributed by atoms with E-state index in [2.05, 4.69) is 31.8 Å². The average Bonchev–Trinajstić information content (AvgIpc) is 2.78. The lowest BCUT2D eigenvalue weighted by Gasteiger charge is -2.25. The normalized spacial score (nSPS) is 13.5. The lowest BCUT2D eigenvalue weighted by molar-refractivity contribution is -0.131. The largest absolute Gasteiger partial charge is 0.324 e. The summed E-state index contributed by atoms with van der Waals surface area (Å²) in [6, 6.07) is 14.4. The molecule has 2 amide bonds. The minimum Gasteiger partial charge on any atom is -0.324 e. The average molecular weight is 448 g/mol. The highest BCUT2D eigenvalue weighted by molar-refractivity contribution is 6.31. The van der Waals surface area contributed by atoms with E-state index >= 15 is 0 Å². The zero-order chi connectivity index (χ0) is 22.7. The van der Waals surface area contributed by atoms with Crippen molar-refractivity contribution in [3.63, 3.8) is 0 Å². The number of benzene rings is 2. The summed E-state index contributed by atoms with van der Waals surface area (Å²) in [5.74, 6) is -0.0500. The highest BCUT2D eigenvalue weighted by Gasteiger charge is 2.27. The van der Waals surface area contributed by atoms with Gasteiger partial charge in [0, 0.05) is 30.0 Å². The molecule has 1 aliphatic rings. The van der Waals surface area contributed by atoms with Gasteiger partial charge in [-0.2, -0.15) is 25.2 Å². The number of halogens is 1. The topological polar surface area (TPSA) is 124 Å². The highest BCUT2D eigenvalue weighted by atomic mass is 35.5. The monoisotopic (exact) mass is 447 g/mol. The van der Waals surface area contributed by atoms with Crippen LogP contribution in [0.4, 0.5) is 17.6 Å². The smallest absolute Gasteiger partial charge is 0.257 e. The zero-order valence-electron chi connectivity index (χ0n) is 17.1. The number of hydrogen-bond donors (Lipinski definition) is 2. The molecule has 32 heavy (non-hydrogen) atoms. The first-order valence-electron chi connectivity index (χ1n) is 9.81. The summed E-state index contributed by atoms with van der Waals surface area (Å²) in [4.78, 5) is 37.5. The lowest BCUT2D eigenvalue weighted by atomic mass is 10.1. The van der Waals surface area contributed by atoms with Gasteiger partial charge >= 0.3 is 0 Å². The fourth-order valence-electron chi connectivity index (χ4n) is 3.18. The molecule has 0 atom stereocenters. The molecule has 10 heteroatoms. The summed E-state index contributed by atoms with van der Waals surface area (Å²) in [5, 5.41) is 13.7. The van der Waals surface area contributed by atoms with Gasteiger partial charge in [-0.1, -0.05) is 23.7 Å². The molecule has 2 aromatic carbocycles. The van der Waals surface area contributed by atoms with Crippen LogP contribution in [0.1, 0.15) is 35.4 Å². The minimum absolute atomic E-state index is 0.00824. The van der Waals surface area contributed by atoms with Crippen molar-refractivity contribution >= 4 is 41.0 Å². The SMILES string of the molecule is Cc1cccc(Cl)c1Cc1nc(Nc2ccc(C#N)cc2)nc(N2NC(=O)CCC2=O)n1. The second kappa shape index (κ2) is 8.99. The van der Waals surface area contributed by atoms with Crippen molar-refractivity contribution < 1.29 is 9.59 Å². The van der Waals surface area contributed by atoms with Crippen molar-refractivity contribution in [2.45, 2.75) is 26.2 Å². The summed E-state index contributed by atoms with van der Waals surface area (Å²) >= 11 is 6.37. The third kappa shape index (κ3) is 4.66. The van der Waals surface area contributed by atoms with Crippen LogP contribution in [0.3, 0.4) is 0 Å². The number of aryl methyl sites for hydroxylation is 1. The Hall–Kier alpha value is -4.03. The van der Waals surface area contributed by atoms with Crippen molar-refractivity contribution in [3.8, 4) is 6.07 Å². The molecule has 1 saturated heterocycles. The Kier molecular flexibility index (Phi) is 5.96. The maximum Gasteiger partial charge on any atom is 0.257 e. The Morgan fingerprint density at radius 1 is 1.12 bits per heavy atom. The van der Waals surface area contributed by atoms with E-state index < -0.39 is 0 Å². The quantitative estimate of drug-likeness (QED) is 0.615. The summed E-state index contributed by atoms with van der Waals surface area (Å²) in [6.07, 6.45) is 0.482. The highest BCUT2D eigenvalue weighted by Crippen LogP contribution is 2.24. The van der Waals surface area contributed by atoms with Crippen LogP contribution >= 0.6 is 11.6 Å². The van der Waals surface area contributed by atoms with Crippen LogP contribution in [-0.2, 0) is 16.0 Å². The standard InChI is InChI=1S/C22H18ClN7O2/c1-13-3-2-4-17(23)16(13)11-18-26-21(25-15-7-5-14(12-24)6-8-15)28-22(27-18)30-20(32)10-9-19(31)29-30/h2-8H,9-11H2,1H3,(H,29,31)(H,25,26,27,28). The molecule has 3 aromatic rings. The van der Waals surface area contributed by atoms with Gasteiger partial charge < -0.3 is 5.32 Å². The second-order valence-corrected chi connectivity index (χ2v) is 7.57. The Morgan fingerprint density at radius 2 is 1.91 bits per heavy atom. The van der Waals surface area contributed by atoms with E-state index in [9.17, 15) is 9.59 Å². The van der Waals surface area contributed by atoms with Gasteiger partial charge in [-0.15, -0.1) is 0 Å². The van der Waals surface area contributed by atoms with E-state index in [-0.39, 0.29) is 36.6 Å². The minimum atomic E-state index is -0.319. The van der Waals surface area contributed by atoms with Gasteiger partial charge in [-0.05, 0) is 48.4 Å². The number of rotatable bonds is 5. The summed E-state index contributed by atoms with van der Waals surface area (Å²) in [6.45, 7) is 1.94. The first kappa shape index (κ1) is 21.2. The molecule has 9 nitrogen and oxygen atoms in total. The Balaban J connectivity index is 1.72. The van der Waals surface area contributed by atoms with Gasteiger partial charge in [-0.25, -0.2) is 0 Å². The predicted octanol–water partition coefficient (Wildman–Crippen LogP) is 3.20. The van der Waals surface area contributed by atoms with Crippen LogP contribution in [0.25, 0.3) is 0 Å². The van der Waals surface area contributed by atoms with Gasteiger partial charge in [0.15, 0.2) is 0 Å². The second-order valence-electron chi connectivity index (χ2n) is 7.17. The predicted molar refractivity (Wildman–Crippen MR) is 118 cm³/mol. The Morgan fingerprint density at radius 3 is 2.62 bits per heavy atom. The van der Waals surface area contributed by atoms with E-state index in [0.717, 1.165) is 16.1 Å². The number of hydrogen-bond acceptors (Lipinski definition) is 7. The fourth-order valence-corrected chi connectivity index (χ4v) is 3.47. The number of hydrazine groups is 1. The number of aromatic nitrogens is 3. The molecular formula is C22H18ClN7O2. The molecule has 1 fully saturated rings. The molecule has 2 heterocycles. The molecule has 160 valence electrons. The summed E-state index contributed by atoms with van der Waals surface area (Å²) < 4.78 is 0. The number of nitrogens with zero attached hydrogens (tertiary/aromatic N) is 5. The third-order valence-corrected chi connectivity index (χ3v) is 5.23. The molecule has 2 N–H and O–H groups in total. The molecular weight excluding hydrogens is 430 g/mol. The maximum atomic E-state index is 12.4. The van der Waals surface area contributed by atoms with Crippen molar-refractivity contribution in [1.82, 2.24) is 20.4 Å². The van der Waals surface area contributed by atoms with Gasteiger partial charge in [0.05, 0.1) is 11.6 Å². The number of nitriles is 1. The van der Waals surface area contributed by atoms with Crippen LogP contribution < -0.4 is 15.8 Å².